The fourth-order valence-electron chi connectivity index (χ4n) is 3.11. The smallest absolute Gasteiger partial charge is 0.259 e. The Balaban J connectivity index is 1.99. The van der Waals surface area contributed by atoms with Gasteiger partial charge in [-0.1, -0.05) is 56.3 Å². The Labute approximate surface area is 176 Å². The number of carbonyl (C=O) groups excluding carboxylic acids is 2. The molecule has 29 heavy (non-hydrogen) atoms. The SMILES string of the molecule is Cc1ccc(C)c(NC(=O)c2c(-c3ccccc3)csc2NC(=O)CC(C)C)c1. The monoisotopic (exact) mass is 406 g/mol. The second-order valence-corrected chi connectivity index (χ2v) is 8.52. The molecule has 5 heteroatoms. The van der Waals surface area contributed by atoms with E-state index in [0.717, 1.165) is 27.9 Å². The van der Waals surface area contributed by atoms with E-state index in [-0.39, 0.29) is 17.7 Å². The molecule has 4 nitrogen and oxygen atoms in total. The van der Waals surface area contributed by atoms with Gasteiger partial charge in [-0.2, -0.15) is 0 Å². The number of amides is 2. The highest BCUT2D eigenvalue weighted by Gasteiger charge is 2.22. The molecule has 0 fully saturated rings. The number of hydrogen-bond acceptors (Lipinski definition) is 3. The molecule has 3 aromatic rings. The highest BCUT2D eigenvalue weighted by Crippen LogP contribution is 2.36. The number of nitrogens with one attached hydrogen (secondary N) is 2. The zero-order chi connectivity index (χ0) is 21.0. The molecule has 0 saturated carbocycles. The van der Waals surface area contributed by atoms with Gasteiger partial charge in [0.15, 0.2) is 0 Å². The quantitative estimate of drug-likeness (QED) is 0.507. The van der Waals surface area contributed by atoms with Crippen LogP contribution in [-0.2, 0) is 4.79 Å². The molecule has 0 aliphatic heterocycles. The lowest BCUT2D eigenvalue weighted by atomic mass is 10.0. The van der Waals surface area contributed by atoms with Gasteiger partial charge >= 0.3 is 0 Å². The van der Waals surface area contributed by atoms with Gasteiger partial charge in [0.25, 0.3) is 5.91 Å². The minimum atomic E-state index is -0.223. The molecule has 2 N–H and O–H groups in total. The van der Waals surface area contributed by atoms with Crippen molar-refractivity contribution in [2.75, 3.05) is 10.6 Å². The normalized spacial score (nSPS) is 10.8. The maximum absolute atomic E-state index is 13.3. The Bertz CT molecular complexity index is 1020. The summed E-state index contributed by atoms with van der Waals surface area (Å²) in [6.45, 7) is 7.95. The van der Waals surface area contributed by atoms with E-state index in [1.807, 2.05) is 81.6 Å². The molecule has 0 unspecified atom stereocenters. The molecular formula is C24H26N2O2S. The van der Waals surface area contributed by atoms with E-state index in [0.29, 0.717) is 17.0 Å². The minimum absolute atomic E-state index is 0.0813. The van der Waals surface area contributed by atoms with Crippen molar-refractivity contribution >= 4 is 33.8 Å². The topological polar surface area (TPSA) is 58.2 Å². The van der Waals surface area contributed by atoms with Crippen molar-refractivity contribution in [3.63, 3.8) is 0 Å². The zero-order valence-corrected chi connectivity index (χ0v) is 18.0. The lowest BCUT2D eigenvalue weighted by Gasteiger charge is -2.13. The van der Waals surface area contributed by atoms with Crippen LogP contribution in [0.25, 0.3) is 11.1 Å². The minimum Gasteiger partial charge on any atom is -0.322 e. The average Bonchev–Trinajstić information content (AvgIpc) is 3.08. The third kappa shape index (κ3) is 5.12. The van der Waals surface area contributed by atoms with Crippen LogP contribution < -0.4 is 10.6 Å². The van der Waals surface area contributed by atoms with Gasteiger partial charge in [0.2, 0.25) is 5.91 Å². The van der Waals surface area contributed by atoms with Gasteiger partial charge in [-0.25, -0.2) is 0 Å². The molecule has 2 amide bonds. The highest BCUT2D eigenvalue weighted by molar-refractivity contribution is 7.15. The first kappa shape index (κ1) is 20.8. The molecule has 0 radical (unpaired) electrons. The zero-order valence-electron chi connectivity index (χ0n) is 17.2. The summed E-state index contributed by atoms with van der Waals surface area (Å²) in [6.07, 6.45) is 0.413. The van der Waals surface area contributed by atoms with Crippen LogP contribution in [0.4, 0.5) is 10.7 Å². The van der Waals surface area contributed by atoms with Gasteiger partial charge in [-0.3, -0.25) is 9.59 Å². The molecule has 2 aromatic carbocycles. The largest absolute Gasteiger partial charge is 0.322 e. The lowest BCUT2D eigenvalue weighted by Crippen LogP contribution is -2.18. The predicted octanol–water partition coefficient (Wildman–Crippen LogP) is 6.27. The van der Waals surface area contributed by atoms with Crippen molar-refractivity contribution in [2.45, 2.75) is 34.1 Å². The van der Waals surface area contributed by atoms with Crippen molar-refractivity contribution in [3.05, 3.63) is 70.6 Å². The lowest BCUT2D eigenvalue weighted by molar-refractivity contribution is -0.116. The van der Waals surface area contributed by atoms with Gasteiger partial charge in [0, 0.05) is 23.1 Å². The first-order valence-corrected chi connectivity index (χ1v) is 10.6. The summed E-state index contributed by atoms with van der Waals surface area (Å²) in [7, 11) is 0. The summed E-state index contributed by atoms with van der Waals surface area (Å²) < 4.78 is 0. The predicted molar refractivity (Wildman–Crippen MR) is 122 cm³/mol. The highest BCUT2D eigenvalue weighted by atomic mass is 32.1. The third-order valence-electron chi connectivity index (χ3n) is 4.59. The molecule has 0 atom stereocenters. The molecule has 0 bridgehead atoms. The van der Waals surface area contributed by atoms with Crippen LogP contribution in [0, 0.1) is 19.8 Å². The van der Waals surface area contributed by atoms with E-state index in [1.165, 1.54) is 11.3 Å². The number of anilines is 2. The maximum atomic E-state index is 13.3. The van der Waals surface area contributed by atoms with Crippen LogP contribution >= 0.6 is 11.3 Å². The van der Waals surface area contributed by atoms with Crippen LogP contribution in [0.5, 0.6) is 0 Å². The van der Waals surface area contributed by atoms with E-state index in [4.69, 9.17) is 0 Å². The maximum Gasteiger partial charge on any atom is 0.259 e. The van der Waals surface area contributed by atoms with Crippen molar-refractivity contribution < 1.29 is 9.59 Å². The van der Waals surface area contributed by atoms with Crippen LogP contribution in [-0.4, -0.2) is 11.8 Å². The van der Waals surface area contributed by atoms with Crippen LogP contribution in [0.2, 0.25) is 0 Å². The van der Waals surface area contributed by atoms with Crippen molar-refractivity contribution in [3.8, 4) is 11.1 Å². The fraction of sp³-hybridized carbons (Fsp3) is 0.250. The third-order valence-corrected chi connectivity index (χ3v) is 5.49. The Hall–Kier alpha value is -2.92. The first-order chi connectivity index (χ1) is 13.8. The van der Waals surface area contributed by atoms with Crippen molar-refractivity contribution in [1.82, 2.24) is 0 Å². The average molecular weight is 407 g/mol. The Morgan fingerprint density at radius 2 is 1.72 bits per heavy atom. The van der Waals surface area contributed by atoms with Crippen LogP contribution in [0.1, 0.15) is 41.8 Å². The first-order valence-electron chi connectivity index (χ1n) is 9.70. The van der Waals surface area contributed by atoms with Gasteiger partial charge < -0.3 is 10.6 Å². The summed E-state index contributed by atoms with van der Waals surface area (Å²) in [4.78, 5) is 25.7. The van der Waals surface area contributed by atoms with Gasteiger partial charge in [-0.15, -0.1) is 11.3 Å². The Morgan fingerprint density at radius 1 is 1.00 bits per heavy atom. The molecule has 150 valence electrons. The van der Waals surface area contributed by atoms with Gasteiger partial charge in [-0.05, 0) is 42.5 Å². The van der Waals surface area contributed by atoms with E-state index in [1.54, 1.807) is 0 Å². The van der Waals surface area contributed by atoms with Crippen molar-refractivity contribution in [1.29, 1.82) is 0 Å². The van der Waals surface area contributed by atoms with Crippen molar-refractivity contribution in [2.24, 2.45) is 5.92 Å². The standard InChI is InChI=1S/C24H26N2O2S/c1-15(2)12-21(27)26-24-22(19(14-29-24)18-8-6-5-7-9-18)23(28)25-20-13-16(3)10-11-17(20)4/h5-11,13-15H,12H2,1-4H3,(H,25,28)(H,26,27). The van der Waals surface area contributed by atoms with Crippen LogP contribution in [0.3, 0.4) is 0 Å². The number of carbonyl (C=O) groups is 2. The number of thiophene rings is 1. The molecular weight excluding hydrogens is 380 g/mol. The summed E-state index contributed by atoms with van der Waals surface area (Å²) in [5.41, 5.74) is 5.10. The molecule has 0 saturated heterocycles. The van der Waals surface area contributed by atoms with E-state index >= 15 is 0 Å². The summed E-state index contributed by atoms with van der Waals surface area (Å²) in [6, 6.07) is 15.7. The van der Waals surface area contributed by atoms with Gasteiger partial charge in [0.05, 0.1) is 5.56 Å². The summed E-state index contributed by atoms with van der Waals surface area (Å²) >= 11 is 1.38. The Morgan fingerprint density at radius 3 is 2.41 bits per heavy atom. The second-order valence-electron chi connectivity index (χ2n) is 7.64. The number of aryl methyl sites for hydroxylation is 2. The summed E-state index contributed by atoms with van der Waals surface area (Å²) in [5.74, 6) is -0.0586. The molecule has 3 rings (SSSR count). The number of rotatable bonds is 6. The summed E-state index contributed by atoms with van der Waals surface area (Å²) in [5, 5.41) is 8.49. The second kappa shape index (κ2) is 9.05. The fourth-order valence-corrected chi connectivity index (χ4v) is 4.09. The van der Waals surface area contributed by atoms with Gasteiger partial charge in [0.1, 0.15) is 5.00 Å². The number of benzene rings is 2. The van der Waals surface area contributed by atoms with E-state index < -0.39 is 0 Å². The van der Waals surface area contributed by atoms with Crippen LogP contribution in [0.15, 0.2) is 53.9 Å². The molecule has 1 heterocycles. The molecule has 0 aliphatic carbocycles. The van der Waals surface area contributed by atoms with E-state index in [9.17, 15) is 9.59 Å². The molecule has 0 spiro atoms. The number of hydrogen-bond donors (Lipinski definition) is 2. The Kier molecular flexibility index (Phi) is 6.49. The molecule has 1 aromatic heterocycles. The van der Waals surface area contributed by atoms with E-state index in [2.05, 4.69) is 10.6 Å². The molecule has 0 aliphatic rings.